The molecule has 0 radical (unpaired) electrons. The van der Waals surface area contributed by atoms with Gasteiger partial charge in [0.15, 0.2) is 0 Å². The number of carbonyl (C=O) groups excluding carboxylic acids is 1. The van der Waals surface area contributed by atoms with Crippen LogP contribution in [-0.4, -0.2) is 38.8 Å². The van der Waals surface area contributed by atoms with Gasteiger partial charge in [0.05, 0.1) is 11.0 Å². The molecule has 1 fully saturated rings. The predicted molar refractivity (Wildman–Crippen MR) is 55.9 cm³/mol. The maximum Gasteiger partial charge on any atom is 0.268 e. The highest BCUT2D eigenvalue weighted by Gasteiger charge is 2.42. The van der Waals surface area contributed by atoms with Crippen LogP contribution in [0.15, 0.2) is 6.07 Å². The van der Waals surface area contributed by atoms with E-state index in [1.54, 1.807) is 6.92 Å². The van der Waals surface area contributed by atoms with Crippen molar-refractivity contribution in [3.8, 4) is 0 Å². The summed E-state index contributed by atoms with van der Waals surface area (Å²) in [5, 5.41) is 19.2. The molecule has 0 unspecified atom stereocenters. The smallest absolute Gasteiger partial charge is 0.268 e. The van der Waals surface area contributed by atoms with Gasteiger partial charge in [-0.1, -0.05) is 0 Å². The van der Waals surface area contributed by atoms with Gasteiger partial charge < -0.3 is 20.7 Å². The molecule has 0 bridgehead atoms. The van der Waals surface area contributed by atoms with Gasteiger partial charge in [0, 0.05) is 0 Å². The Labute approximate surface area is 95.8 Å². The Balaban J connectivity index is 2.21. The fourth-order valence-corrected chi connectivity index (χ4v) is 2.43. The topological polar surface area (TPSA) is 106 Å². The molecule has 0 aromatic carbocycles. The predicted octanol–water partition coefficient (Wildman–Crippen LogP) is -0.576. The van der Waals surface area contributed by atoms with Crippen LogP contribution in [0.25, 0.3) is 0 Å². The number of rotatable bonds is 2. The third-order valence-electron chi connectivity index (χ3n) is 2.56. The minimum atomic E-state index is -1.00. The van der Waals surface area contributed by atoms with Crippen molar-refractivity contribution in [3.63, 3.8) is 0 Å². The van der Waals surface area contributed by atoms with Crippen LogP contribution in [0.2, 0.25) is 0 Å². The zero-order chi connectivity index (χ0) is 11.9. The highest BCUT2D eigenvalue weighted by molar-refractivity contribution is 7.06. The lowest BCUT2D eigenvalue weighted by Crippen LogP contribution is -2.28. The van der Waals surface area contributed by atoms with Crippen molar-refractivity contribution in [2.24, 2.45) is 5.73 Å². The number of hydrogen-bond donors (Lipinski definition) is 3. The van der Waals surface area contributed by atoms with Gasteiger partial charge in [-0.25, -0.2) is 0 Å². The van der Waals surface area contributed by atoms with E-state index in [4.69, 9.17) is 10.5 Å². The van der Waals surface area contributed by atoms with Crippen molar-refractivity contribution in [1.29, 1.82) is 0 Å². The molecule has 88 valence electrons. The molecule has 2 rings (SSSR count). The van der Waals surface area contributed by atoms with Crippen LogP contribution < -0.4 is 5.73 Å². The molecule has 2 heterocycles. The Kier molecular flexibility index (Phi) is 2.94. The highest BCUT2D eigenvalue weighted by Crippen LogP contribution is 2.35. The molecule has 6 nitrogen and oxygen atoms in total. The molecule has 1 aliphatic rings. The van der Waals surface area contributed by atoms with E-state index >= 15 is 0 Å². The summed E-state index contributed by atoms with van der Waals surface area (Å²) in [5.74, 6) is -0.622. The molecule has 16 heavy (non-hydrogen) atoms. The third kappa shape index (κ3) is 1.82. The number of ether oxygens (including phenoxy) is 1. The lowest BCUT2D eigenvalue weighted by molar-refractivity contribution is 0.0174. The molecule has 4 N–H and O–H groups in total. The zero-order valence-electron chi connectivity index (χ0n) is 8.53. The molecule has 0 saturated carbocycles. The average Bonchev–Trinajstić information content (AvgIpc) is 2.79. The third-order valence-corrected chi connectivity index (χ3v) is 3.41. The van der Waals surface area contributed by atoms with Crippen molar-refractivity contribution in [1.82, 2.24) is 4.37 Å². The van der Waals surface area contributed by atoms with Gasteiger partial charge in [-0.15, -0.1) is 0 Å². The van der Waals surface area contributed by atoms with Crippen LogP contribution in [0.3, 0.4) is 0 Å². The fraction of sp³-hybridized carbons (Fsp3) is 0.556. The molecule has 0 spiro atoms. The van der Waals surface area contributed by atoms with Crippen molar-refractivity contribution >= 4 is 17.4 Å². The monoisotopic (exact) mass is 244 g/mol. The van der Waals surface area contributed by atoms with Crippen molar-refractivity contribution in [3.05, 3.63) is 16.6 Å². The van der Waals surface area contributed by atoms with E-state index in [2.05, 4.69) is 4.37 Å². The van der Waals surface area contributed by atoms with Crippen LogP contribution in [-0.2, 0) is 4.74 Å². The number of aliphatic hydroxyl groups excluding tert-OH is 2. The van der Waals surface area contributed by atoms with Crippen LogP contribution in [0.1, 0.15) is 28.4 Å². The maximum absolute atomic E-state index is 10.9. The van der Waals surface area contributed by atoms with E-state index in [9.17, 15) is 15.0 Å². The van der Waals surface area contributed by atoms with Crippen molar-refractivity contribution < 1.29 is 19.7 Å². The largest absolute Gasteiger partial charge is 0.388 e. The summed E-state index contributed by atoms with van der Waals surface area (Å²) in [7, 11) is 0. The highest BCUT2D eigenvalue weighted by atomic mass is 32.1. The lowest BCUT2D eigenvalue weighted by atomic mass is 10.1. The molecule has 1 aliphatic heterocycles. The number of nitrogens with two attached hydrogens (primary N) is 1. The van der Waals surface area contributed by atoms with Gasteiger partial charge in [0.2, 0.25) is 0 Å². The number of primary amides is 1. The first-order valence-corrected chi connectivity index (χ1v) is 5.56. The molecular formula is C9H12N2O4S. The van der Waals surface area contributed by atoms with Gasteiger partial charge in [-0.05, 0) is 24.5 Å². The number of aromatic nitrogens is 1. The van der Waals surface area contributed by atoms with Gasteiger partial charge in [-0.2, -0.15) is 4.37 Å². The summed E-state index contributed by atoms with van der Waals surface area (Å²) in [6.45, 7) is 1.67. The van der Waals surface area contributed by atoms with Gasteiger partial charge >= 0.3 is 0 Å². The normalized spacial score (nSPS) is 34.2. The Morgan fingerprint density at radius 3 is 2.69 bits per heavy atom. The van der Waals surface area contributed by atoms with Crippen molar-refractivity contribution in [2.75, 3.05) is 0 Å². The van der Waals surface area contributed by atoms with Gasteiger partial charge in [-0.3, -0.25) is 4.79 Å². The second kappa shape index (κ2) is 4.10. The summed E-state index contributed by atoms with van der Waals surface area (Å²) in [6.07, 6.45) is -3.02. The summed E-state index contributed by atoms with van der Waals surface area (Å²) in [6, 6.07) is 1.48. The molecule has 4 atom stereocenters. The molecule has 1 amide bonds. The quantitative estimate of drug-likeness (QED) is 0.645. The minimum Gasteiger partial charge on any atom is -0.388 e. The molecule has 1 saturated heterocycles. The molecule has 1 aromatic rings. The second-order valence-corrected chi connectivity index (χ2v) is 4.56. The van der Waals surface area contributed by atoms with Crippen LogP contribution >= 0.6 is 11.5 Å². The Hall–Kier alpha value is -1.02. The summed E-state index contributed by atoms with van der Waals surface area (Å²) >= 11 is 1.04. The molecule has 0 aliphatic carbocycles. The molecular weight excluding hydrogens is 232 g/mol. The van der Waals surface area contributed by atoms with E-state index in [-0.39, 0.29) is 5.69 Å². The average molecular weight is 244 g/mol. The van der Waals surface area contributed by atoms with E-state index < -0.39 is 30.3 Å². The SMILES string of the molecule is C[C@H]1O[C@@H](c2cc(C(N)=O)ns2)[C@H](O)[C@@H]1O. The lowest BCUT2D eigenvalue weighted by Gasteiger charge is -2.11. The summed E-state index contributed by atoms with van der Waals surface area (Å²) < 4.78 is 9.22. The second-order valence-electron chi connectivity index (χ2n) is 3.72. The van der Waals surface area contributed by atoms with Crippen LogP contribution in [0.5, 0.6) is 0 Å². The number of nitrogens with zero attached hydrogens (tertiary/aromatic N) is 1. The molecule has 7 heteroatoms. The van der Waals surface area contributed by atoms with Crippen LogP contribution in [0.4, 0.5) is 0 Å². The standard InChI is InChI=1S/C9H12N2O4S/c1-3-6(12)7(13)8(15-3)5-2-4(9(10)14)11-16-5/h2-3,6-8,12-13H,1H3,(H2,10,14)/t3-,6-,7-,8+/m1/s1. The number of carbonyl (C=O) groups is 1. The maximum atomic E-state index is 10.9. The van der Waals surface area contributed by atoms with Crippen LogP contribution in [0, 0.1) is 0 Å². The number of amides is 1. The molecule has 1 aromatic heterocycles. The van der Waals surface area contributed by atoms with E-state index in [1.807, 2.05) is 0 Å². The Morgan fingerprint density at radius 1 is 1.56 bits per heavy atom. The number of hydrogen-bond acceptors (Lipinski definition) is 6. The first kappa shape index (κ1) is 11.5. The Morgan fingerprint density at radius 2 is 2.25 bits per heavy atom. The van der Waals surface area contributed by atoms with Crippen molar-refractivity contribution in [2.45, 2.75) is 31.3 Å². The number of aliphatic hydroxyl groups is 2. The first-order chi connectivity index (χ1) is 7.50. The van der Waals surface area contributed by atoms with E-state index in [1.165, 1.54) is 6.07 Å². The summed E-state index contributed by atoms with van der Waals surface area (Å²) in [4.78, 5) is 11.4. The fourth-order valence-electron chi connectivity index (χ4n) is 1.62. The zero-order valence-corrected chi connectivity index (χ0v) is 9.35. The van der Waals surface area contributed by atoms with E-state index in [0.29, 0.717) is 4.88 Å². The first-order valence-electron chi connectivity index (χ1n) is 4.78. The van der Waals surface area contributed by atoms with E-state index in [0.717, 1.165) is 11.5 Å². The minimum absolute atomic E-state index is 0.143. The summed E-state index contributed by atoms with van der Waals surface area (Å²) in [5.41, 5.74) is 5.21. The Bertz CT molecular complexity index is 408. The van der Waals surface area contributed by atoms with Gasteiger partial charge in [0.1, 0.15) is 24.0 Å². The van der Waals surface area contributed by atoms with Gasteiger partial charge in [0.25, 0.3) is 5.91 Å².